The predicted octanol–water partition coefficient (Wildman–Crippen LogP) is 1.87. The number of ether oxygens (including phenoxy) is 1. The lowest BCUT2D eigenvalue weighted by Crippen LogP contribution is -2.48. The second-order valence-corrected chi connectivity index (χ2v) is 4.26. The smallest absolute Gasteiger partial charge is 0.287 e. The molecule has 4 heteroatoms. The summed E-state index contributed by atoms with van der Waals surface area (Å²) >= 11 is 0. The van der Waals surface area contributed by atoms with Crippen molar-refractivity contribution in [3.05, 3.63) is 35.6 Å². The summed E-state index contributed by atoms with van der Waals surface area (Å²) in [6.07, 6.45) is 0. The highest BCUT2D eigenvalue weighted by atomic mass is 16.5. The van der Waals surface area contributed by atoms with Crippen LogP contribution in [0.25, 0.3) is 11.0 Å². The van der Waals surface area contributed by atoms with Gasteiger partial charge in [0.05, 0.1) is 19.3 Å². The fraction of sp³-hybridized carbons (Fsp3) is 0.308. The van der Waals surface area contributed by atoms with Gasteiger partial charge in [0.1, 0.15) is 5.58 Å². The molecule has 3 rings (SSSR count). The molecule has 0 aliphatic carbocycles. The van der Waals surface area contributed by atoms with E-state index >= 15 is 0 Å². The standard InChI is InChI=1S/C13H13NO3/c1-8-10-4-2-3-5-11(10)17-12(8)13(15)14-9-6-16-7-9/h2-5,9H,6-7H2,1H3,(H,14,15). The molecule has 1 amide bonds. The molecule has 2 aromatic rings. The summed E-state index contributed by atoms with van der Waals surface area (Å²) in [7, 11) is 0. The number of amides is 1. The van der Waals surface area contributed by atoms with E-state index < -0.39 is 0 Å². The number of hydrogen-bond acceptors (Lipinski definition) is 3. The highest BCUT2D eigenvalue weighted by molar-refractivity contribution is 5.99. The molecule has 1 aliphatic heterocycles. The minimum atomic E-state index is -0.160. The quantitative estimate of drug-likeness (QED) is 0.858. The van der Waals surface area contributed by atoms with E-state index in [1.165, 1.54) is 0 Å². The van der Waals surface area contributed by atoms with Gasteiger partial charge in [-0.15, -0.1) is 0 Å². The highest BCUT2D eigenvalue weighted by Gasteiger charge is 2.24. The first kappa shape index (κ1) is 10.4. The predicted molar refractivity (Wildman–Crippen MR) is 63.0 cm³/mol. The molecule has 0 bridgehead atoms. The first-order chi connectivity index (χ1) is 8.25. The summed E-state index contributed by atoms with van der Waals surface area (Å²) in [4.78, 5) is 12.0. The van der Waals surface area contributed by atoms with Crippen molar-refractivity contribution in [1.29, 1.82) is 0 Å². The molecule has 4 nitrogen and oxygen atoms in total. The number of hydrogen-bond donors (Lipinski definition) is 1. The monoisotopic (exact) mass is 231 g/mol. The number of rotatable bonds is 2. The van der Waals surface area contributed by atoms with Gasteiger partial charge in [0.2, 0.25) is 0 Å². The van der Waals surface area contributed by atoms with Gasteiger partial charge < -0.3 is 14.5 Å². The van der Waals surface area contributed by atoms with Gasteiger partial charge in [-0.3, -0.25) is 4.79 Å². The van der Waals surface area contributed by atoms with Crippen LogP contribution >= 0.6 is 0 Å². The van der Waals surface area contributed by atoms with Crippen LogP contribution in [0.4, 0.5) is 0 Å². The Morgan fingerprint density at radius 1 is 1.35 bits per heavy atom. The third-order valence-corrected chi connectivity index (χ3v) is 3.02. The summed E-state index contributed by atoms with van der Waals surface area (Å²) < 4.78 is 10.6. The molecule has 1 fully saturated rings. The number of carbonyl (C=O) groups excluding carboxylic acids is 1. The maximum Gasteiger partial charge on any atom is 0.287 e. The minimum Gasteiger partial charge on any atom is -0.451 e. The van der Waals surface area contributed by atoms with Crippen molar-refractivity contribution in [2.45, 2.75) is 13.0 Å². The fourth-order valence-corrected chi connectivity index (χ4v) is 1.96. The zero-order valence-corrected chi connectivity index (χ0v) is 9.53. The fourth-order valence-electron chi connectivity index (χ4n) is 1.96. The Bertz CT molecular complexity index is 569. The van der Waals surface area contributed by atoms with Crippen molar-refractivity contribution in [3.8, 4) is 0 Å². The number of aryl methyl sites for hydroxylation is 1. The molecule has 0 saturated carbocycles. The molecule has 1 aliphatic rings. The van der Waals surface area contributed by atoms with E-state index in [0.29, 0.717) is 19.0 Å². The number of fused-ring (bicyclic) bond motifs is 1. The number of furan rings is 1. The van der Waals surface area contributed by atoms with E-state index in [1.807, 2.05) is 31.2 Å². The third kappa shape index (κ3) is 1.70. The van der Waals surface area contributed by atoms with Gasteiger partial charge in [-0.1, -0.05) is 18.2 Å². The molecule has 1 aromatic heterocycles. The number of para-hydroxylation sites is 1. The first-order valence-corrected chi connectivity index (χ1v) is 5.62. The van der Waals surface area contributed by atoms with Crippen LogP contribution in [0.15, 0.2) is 28.7 Å². The zero-order chi connectivity index (χ0) is 11.8. The van der Waals surface area contributed by atoms with Crippen LogP contribution in [0.5, 0.6) is 0 Å². The summed E-state index contributed by atoms with van der Waals surface area (Å²) in [5.74, 6) is 0.241. The Balaban J connectivity index is 1.93. The van der Waals surface area contributed by atoms with Gasteiger partial charge >= 0.3 is 0 Å². The van der Waals surface area contributed by atoms with Gasteiger partial charge in [-0.25, -0.2) is 0 Å². The Labute approximate surface area is 98.6 Å². The molecule has 0 atom stereocenters. The summed E-state index contributed by atoms with van der Waals surface area (Å²) in [6.45, 7) is 3.08. The van der Waals surface area contributed by atoms with E-state index in [9.17, 15) is 4.79 Å². The third-order valence-electron chi connectivity index (χ3n) is 3.02. The van der Waals surface area contributed by atoms with Gasteiger partial charge in [-0.05, 0) is 13.0 Å². The van der Waals surface area contributed by atoms with E-state index in [2.05, 4.69) is 5.32 Å². The lowest BCUT2D eigenvalue weighted by atomic mass is 10.1. The van der Waals surface area contributed by atoms with Gasteiger partial charge in [0.25, 0.3) is 5.91 Å². The zero-order valence-electron chi connectivity index (χ0n) is 9.53. The summed E-state index contributed by atoms with van der Waals surface area (Å²) in [5, 5.41) is 3.87. The Kier molecular flexibility index (Phi) is 2.37. The molecule has 0 unspecified atom stereocenters. The molecule has 17 heavy (non-hydrogen) atoms. The van der Waals surface area contributed by atoms with Crippen LogP contribution in [-0.2, 0) is 4.74 Å². The van der Waals surface area contributed by atoms with Crippen LogP contribution in [0.1, 0.15) is 16.1 Å². The number of nitrogens with one attached hydrogen (secondary N) is 1. The highest BCUT2D eigenvalue weighted by Crippen LogP contribution is 2.24. The molecule has 1 aromatic carbocycles. The largest absolute Gasteiger partial charge is 0.451 e. The van der Waals surface area contributed by atoms with Gasteiger partial charge in [-0.2, -0.15) is 0 Å². The second-order valence-electron chi connectivity index (χ2n) is 4.26. The topological polar surface area (TPSA) is 51.5 Å². The Morgan fingerprint density at radius 2 is 2.12 bits per heavy atom. The molecule has 2 heterocycles. The van der Waals surface area contributed by atoms with Crippen molar-refractivity contribution >= 4 is 16.9 Å². The van der Waals surface area contributed by atoms with Crippen LogP contribution in [-0.4, -0.2) is 25.2 Å². The molecule has 1 saturated heterocycles. The first-order valence-electron chi connectivity index (χ1n) is 5.62. The van der Waals surface area contributed by atoms with Crippen LogP contribution in [0.3, 0.4) is 0 Å². The summed E-state index contributed by atoms with van der Waals surface area (Å²) in [6, 6.07) is 7.78. The maximum absolute atomic E-state index is 12.0. The van der Waals surface area contributed by atoms with E-state index in [0.717, 1.165) is 16.5 Å². The molecule has 88 valence electrons. The average molecular weight is 231 g/mol. The summed E-state index contributed by atoms with van der Waals surface area (Å²) in [5.41, 5.74) is 1.64. The minimum absolute atomic E-state index is 0.120. The normalized spacial score (nSPS) is 15.8. The van der Waals surface area contributed by atoms with Gasteiger partial charge in [0, 0.05) is 10.9 Å². The molecule has 0 spiro atoms. The average Bonchev–Trinajstić information content (AvgIpc) is 2.62. The van der Waals surface area contributed by atoms with Crippen LogP contribution in [0.2, 0.25) is 0 Å². The Hall–Kier alpha value is -1.81. The number of benzene rings is 1. The number of carbonyl (C=O) groups is 1. The molecule has 0 radical (unpaired) electrons. The van der Waals surface area contributed by atoms with Crippen molar-refractivity contribution < 1.29 is 13.9 Å². The van der Waals surface area contributed by atoms with E-state index in [-0.39, 0.29) is 11.9 Å². The van der Waals surface area contributed by atoms with Crippen molar-refractivity contribution in [3.63, 3.8) is 0 Å². The van der Waals surface area contributed by atoms with Crippen LogP contribution < -0.4 is 5.32 Å². The van der Waals surface area contributed by atoms with Crippen LogP contribution in [0, 0.1) is 6.92 Å². The van der Waals surface area contributed by atoms with Crippen molar-refractivity contribution in [1.82, 2.24) is 5.32 Å². The van der Waals surface area contributed by atoms with E-state index in [1.54, 1.807) is 0 Å². The SMILES string of the molecule is Cc1c(C(=O)NC2COC2)oc2ccccc12. The Morgan fingerprint density at radius 3 is 2.76 bits per heavy atom. The lowest BCUT2D eigenvalue weighted by molar-refractivity contribution is -0.00388. The van der Waals surface area contributed by atoms with Crippen molar-refractivity contribution in [2.75, 3.05) is 13.2 Å². The lowest BCUT2D eigenvalue weighted by Gasteiger charge is -2.26. The van der Waals surface area contributed by atoms with Gasteiger partial charge in [0.15, 0.2) is 5.76 Å². The molecular formula is C13H13NO3. The second kappa shape index (κ2) is 3.89. The molecule has 1 N–H and O–H groups in total. The molecular weight excluding hydrogens is 218 g/mol. The maximum atomic E-state index is 12.0. The van der Waals surface area contributed by atoms with E-state index in [4.69, 9.17) is 9.15 Å². The van der Waals surface area contributed by atoms with Crippen molar-refractivity contribution in [2.24, 2.45) is 0 Å².